The Kier molecular flexibility index (Phi) is 7.21. The number of amides is 1. The van der Waals surface area contributed by atoms with E-state index in [1.54, 1.807) is 6.92 Å². The maximum absolute atomic E-state index is 14.3. The molecule has 29 heavy (non-hydrogen) atoms. The van der Waals surface area contributed by atoms with Crippen molar-refractivity contribution in [3.05, 3.63) is 58.9 Å². The number of halogens is 2. The van der Waals surface area contributed by atoms with E-state index < -0.39 is 33.8 Å². The lowest BCUT2D eigenvalue weighted by Gasteiger charge is -2.30. The molecule has 7 nitrogen and oxygen atoms in total. The van der Waals surface area contributed by atoms with Crippen LogP contribution in [0.15, 0.2) is 42.5 Å². The molecule has 1 N–H and O–H groups in total. The van der Waals surface area contributed by atoms with Gasteiger partial charge < -0.3 is 10.1 Å². The lowest BCUT2D eigenvalue weighted by Crippen LogP contribution is -2.47. The fraction of sp³-hybridized carbons (Fsp3) is 0.263. The van der Waals surface area contributed by atoms with E-state index in [9.17, 15) is 22.4 Å². The van der Waals surface area contributed by atoms with Crippen LogP contribution < -0.4 is 9.62 Å². The Morgan fingerprint density at radius 1 is 1.24 bits per heavy atom. The van der Waals surface area contributed by atoms with E-state index in [1.165, 1.54) is 43.5 Å². The number of anilines is 2. The first-order chi connectivity index (χ1) is 13.6. The SMILES string of the molecule is CC[C@@H](C(=O)Nc1cc(C(=O)OC)ccc1Cl)N(c1ccccc1F)S(C)(=O)=O. The summed E-state index contributed by atoms with van der Waals surface area (Å²) in [5.41, 5.74) is 0.000677. The highest BCUT2D eigenvalue weighted by atomic mass is 35.5. The van der Waals surface area contributed by atoms with Gasteiger partial charge in [0.1, 0.15) is 11.9 Å². The van der Waals surface area contributed by atoms with Crippen molar-refractivity contribution in [3.63, 3.8) is 0 Å². The van der Waals surface area contributed by atoms with Crippen LogP contribution in [0, 0.1) is 5.82 Å². The van der Waals surface area contributed by atoms with Gasteiger partial charge in [-0.3, -0.25) is 9.10 Å². The standard InChI is InChI=1S/C19H20ClFN2O5S/c1-4-16(23(29(3,26)27)17-8-6-5-7-14(17)21)18(24)22-15-11-12(19(25)28-2)9-10-13(15)20/h5-11,16H,4H2,1-3H3,(H,22,24)/t16-/m0/s1. The monoisotopic (exact) mass is 442 g/mol. The number of nitrogens with zero attached hydrogens (tertiary/aromatic N) is 1. The van der Waals surface area contributed by atoms with E-state index in [2.05, 4.69) is 10.1 Å². The number of nitrogens with one attached hydrogen (secondary N) is 1. The van der Waals surface area contributed by atoms with Gasteiger partial charge in [-0.05, 0) is 36.8 Å². The number of hydrogen-bond acceptors (Lipinski definition) is 5. The highest BCUT2D eigenvalue weighted by Gasteiger charge is 2.33. The van der Waals surface area contributed by atoms with E-state index in [0.29, 0.717) is 0 Å². The third-order valence-electron chi connectivity index (χ3n) is 4.06. The Balaban J connectivity index is 2.43. The highest BCUT2D eigenvalue weighted by molar-refractivity contribution is 7.92. The molecule has 2 aromatic rings. The first-order valence-electron chi connectivity index (χ1n) is 8.52. The van der Waals surface area contributed by atoms with E-state index in [1.807, 2.05) is 0 Å². The number of ether oxygens (including phenoxy) is 1. The largest absolute Gasteiger partial charge is 0.465 e. The molecule has 0 aromatic heterocycles. The van der Waals surface area contributed by atoms with Gasteiger partial charge in [0.25, 0.3) is 0 Å². The Morgan fingerprint density at radius 3 is 2.45 bits per heavy atom. The molecule has 0 unspecified atom stereocenters. The minimum Gasteiger partial charge on any atom is -0.465 e. The summed E-state index contributed by atoms with van der Waals surface area (Å²) in [6.07, 6.45) is 0.946. The second-order valence-corrected chi connectivity index (χ2v) is 8.38. The third-order valence-corrected chi connectivity index (χ3v) is 5.56. The zero-order chi connectivity index (χ0) is 21.8. The molecule has 2 rings (SSSR count). The van der Waals surface area contributed by atoms with E-state index in [0.717, 1.165) is 16.6 Å². The quantitative estimate of drug-likeness (QED) is 0.663. The van der Waals surface area contributed by atoms with E-state index in [-0.39, 0.29) is 28.4 Å². The lowest BCUT2D eigenvalue weighted by atomic mass is 10.1. The first-order valence-corrected chi connectivity index (χ1v) is 10.8. The average Bonchev–Trinajstić information content (AvgIpc) is 2.66. The molecular formula is C19H20ClFN2O5S. The van der Waals surface area contributed by atoms with Crippen molar-refractivity contribution >= 4 is 44.9 Å². The summed E-state index contributed by atoms with van der Waals surface area (Å²) in [7, 11) is -2.79. The van der Waals surface area contributed by atoms with Crippen LogP contribution in [0.2, 0.25) is 5.02 Å². The van der Waals surface area contributed by atoms with Crippen LogP contribution in [0.3, 0.4) is 0 Å². The van der Waals surface area contributed by atoms with Crippen LogP contribution in [0.25, 0.3) is 0 Å². The maximum Gasteiger partial charge on any atom is 0.337 e. The van der Waals surface area contributed by atoms with Crippen LogP contribution >= 0.6 is 11.6 Å². The molecule has 0 saturated carbocycles. The molecule has 0 bridgehead atoms. The number of esters is 1. The summed E-state index contributed by atoms with van der Waals surface area (Å²) in [5, 5.41) is 2.65. The molecule has 0 aliphatic rings. The van der Waals surface area contributed by atoms with Crippen molar-refractivity contribution < 1.29 is 27.1 Å². The Morgan fingerprint density at radius 2 is 1.90 bits per heavy atom. The van der Waals surface area contributed by atoms with Crippen molar-refractivity contribution in [2.24, 2.45) is 0 Å². The van der Waals surface area contributed by atoms with Crippen molar-refractivity contribution in [1.82, 2.24) is 0 Å². The number of sulfonamides is 1. The highest BCUT2D eigenvalue weighted by Crippen LogP contribution is 2.28. The average molecular weight is 443 g/mol. The topological polar surface area (TPSA) is 92.8 Å². The van der Waals surface area contributed by atoms with Crippen LogP contribution in [-0.2, 0) is 19.6 Å². The summed E-state index contributed by atoms with van der Waals surface area (Å²) in [6.45, 7) is 1.59. The maximum atomic E-state index is 14.3. The molecule has 1 amide bonds. The summed E-state index contributed by atoms with van der Waals surface area (Å²) < 4.78 is 44.4. The smallest absolute Gasteiger partial charge is 0.337 e. The van der Waals surface area contributed by atoms with Crippen LogP contribution in [0.4, 0.5) is 15.8 Å². The van der Waals surface area contributed by atoms with Crippen molar-refractivity contribution in [2.45, 2.75) is 19.4 Å². The number of rotatable bonds is 7. The first kappa shape index (κ1) is 22.6. The number of hydrogen-bond donors (Lipinski definition) is 1. The minimum atomic E-state index is -4.00. The van der Waals surface area contributed by atoms with Gasteiger partial charge in [0, 0.05) is 0 Å². The second kappa shape index (κ2) is 9.23. The van der Waals surface area contributed by atoms with Crippen molar-refractivity contribution in [3.8, 4) is 0 Å². The van der Waals surface area contributed by atoms with Crippen LogP contribution in [0.1, 0.15) is 23.7 Å². The van der Waals surface area contributed by atoms with Gasteiger partial charge in [0.05, 0.1) is 35.3 Å². The second-order valence-electron chi connectivity index (χ2n) is 6.11. The fourth-order valence-corrected chi connectivity index (χ4v) is 4.13. The van der Waals surface area contributed by atoms with Gasteiger partial charge in [0.15, 0.2) is 0 Å². The Hall–Kier alpha value is -2.65. The molecule has 0 radical (unpaired) electrons. The van der Waals surface area contributed by atoms with Gasteiger partial charge in [-0.25, -0.2) is 17.6 Å². The summed E-state index contributed by atoms with van der Waals surface area (Å²) in [5.74, 6) is -2.15. The van der Waals surface area contributed by atoms with E-state index in [4.69, 9.17) is 11.6 Å². The molecule has 1 atom stereocenters. The van der Waals surface area contributed by atoms with Gasteiger partial charge in [-0.1, -0.05) is 30.7 Å². The molecule has 10 heteroatoms. The summed E-state index contributed by atoms with van der Waals surface area (Å²) in [6, 6.07) is 8.15. The number of benzene rings is 2. The molecule has 0 heterocycles. The van der Waals surface area contributed by atoms with E-state index >= 15 is 0 Å². The molecule has 0 fully saturated rings. The Bertz CT molecular complexity index is 1030. The van der Waals surface area contributed by atoms with Gasteiger partial charge >= 0.3 is 5.97 Å². The molecule has 2 aromatic carbocycles. The van der Waals surface area contributed by atoms with Crippen molar-refractivity contribution in [1.29, 1.82) is 0 Å². The van der Waals surface area contributed by atoms with Gasteiger partial charge in [0.2, 0.25) is 15.9 Å². The van der Waals surface area contributed by atoms with Crippen molar-refractivity contribution in [2.75, 3.05) is 23.0 Å². The Labute approximate surface area is 173 Å². The third kappa shape index (κ3) is 5.24. The van der Waals surface area contributed by atoms with Crippen LogP contribution in [0.5, 0.6) is 0 Å². The lowest BCUT2D eigenvalue weighted by molar-refractivity contribution is -0.117. The van der Waals surface area contributed by atoms with Gasteiger partial charge in [-0.2, -0.15) is 0 Å². The molecule has 0 aliphatic heterocycles. The number of methoxy groups -OCH3 is 1. The predicted octanol–water partition coefficient (Wildman–Crippen LogP) is 3.45. The van der Waals surface area contributed by atoms with Gasteiger partial charge in [-0.15, -0.1) is 0 Å². The molecule has 156 valence electrons. The summed E-state index contributed by atoms with van der Waals surface area (Å²) >= 11 is 6.09. The van der Waals surface area contributed by atoms with Crippen LogP contribution in [-0.4, -0.2) is 39.7 Å². The molecule has 0 aliphatic carbocycles. The zero-order valence-corrected chi connectivity index (χ0v) is 17.6. The molecular weight excluding hydrogens is 423 g/mol. The minimum absolute atomic E-state index is 0.0571. The molecule has 0 saturated heterocycles. The summed E-state index contributed by atoms with van der Waals surface area (Å²) in [4.78, 5) is 24.6. The predicted molar refractivity (Wildman–Crippen MR) is 109 cm³/mol. The fourth-order valence-electron chi connectivity index (χ4n) is 2.75. The molecule has 0 spiro atoms. The number of para-hydroxylation sites is 1. The number of carbonyl (C=O) groups excluding carboxylic acids is 2. The normalized spacial score (nSPS) is 12.2. The zero-order valence-electron chi connectivity index (χ0n) is 16.0. The number of carbonyl (C=O) groups is 2.